The zero-order valence-electron chi connectivity index (χ0n) is 25.3. The van der Waals surface area contributed by atoms with Gasteiger partial charge in [0.05, 0.1) is 0 Å². The van der Waals surface area contributed by atoms with Gasteiger partial charge in [0.1, 0.15) is 0 Å². The standard InChI is InChI=1S/2C7H8O3S.3C7H7.Sb/c2*1-6-4-2-3-5-7(6)11(8,9)10;3*1-7-5-3-2-4-6-7;/h2*2-5H,1H3,(H,8,9,10);3*3-6H,1H3;/q;;;;;+2/p-2. The summed E-state index contributed by atoms with van der Waals surface area (Å²) in [7, 11) is -9.29. The second kappa shape index (κ2) is 11.9. The SMILES string of the molecule is Cc1cc[c]([Sb]([O]S(=O)(=O)c2ccccc2C)([O]S(=O)(=O)c2ccccc2C)([c]2ccc(C)cc2)[c]2ccc(C)cc2)cc1. The van der Waals surface area contributed by atoms with Gasteiger partial charge in [-0.1, -0.05) is 0 Å². The van der Waals surface area contributed by atoms with E-state index in [2.05, 4.69) is 0 Å². The summed E-state index contributed by atoms with van der Waals surface area (Å²) < 4.78 is 73.1. The first-order valence-electron chi connectivity index (χ1n) is 14.1. The summed E-state index contributed by atoms with van der Waals surface area (Å²) in [6.07, 6.45) is 0. The van der Waals surface area contributed by atoms with Crippen molar-refractivity contribution in [1.29, 1.82) is 0 Å². The van der Waals surface area contributed by atoms with Crippen molar-refractivity contribution in [2.24, 2.45) is 0 Å². The summed E-state index contributed by atoms with van der Waals surface area (Å²) >= 11 is -6.71. The van der Waals surface area contributed by atoms with Crippen LogP contribution in [0.5, 0.6) is 0 Å². The van der Waals surface area contributed by atoms with Gasteiger partial charge in [0.2, 0.25) is 0 Å². The third kappa shape index (κ3) is 5.66. The van der Waals surface area contributed by atoms with Gasteiger partial charge < -0.3 is 0 Å². The Morgan fingerprint density at radius 2 is 0.682 bits per heavy atom. The fraction of sp³-hybridized carbons (Fsp3) is 0.143. The van der Waals surface area contributed by atoms with Gasteiger partial charge in [0.15, 0.2) is 0 Å². The summed E-state index contributed by atoms with van der Waals surface area (Å²) in [4.78, 5) is -0.136. The Hall–Kier alpha value is -3.26. The first-order chi connectivity index (χ1) is 20.8. The molecule has 5 aromatic rings. The van der Waals surface area contributed by atoms with Gasteiger partial charge in [-0.15, -0.1) is 0 Å². The molecule has 228 valence electrons. The van der Waals surface area contributed by atoms with Crippen LogP contribution in [0.15, 0.2) is 131 Å². The molecule has 0 aliphatic heterocycles. The van der Waals surface area contributed by atoms with E-state index in [9.17, 15) is 16.8 Å². The summed E-state index contributed by atoms with van der Waals surface area (Å²) in [6.45, 7) is 9.06. The third-order valence-electron chi connectivity index (χ3n) is 7.72. The molecule has 0 amide bonds. The maximum absolute atomic E-state index is 14.6. The van der Waals surface area contributed by atoms with Crippen molar-refractivity contribution in [3.8, 4) is 0 Å². The van der Waals surface area contributed by atoms with Crippen LogP contribution in [0.4, 0.5) is 0 Å². The van der Waals surface area contributed by atoms with Crippen LogP contribution in [0.2, 0.25) is 0 Å². The zero-order valence-corrected chi connectivity index (χ0v) is 29.4. The van der Waals surface area contributed by atoms with Gasteiger partial charge >= 0.3 is 264 Å². The molecular formula is C35H35O6S2Sb. The molecule has 0 unspecified atom stereocenters. The van der Waals surface area contributed by atoms with E-state index >= 15 is 0 Å². The van der Waals surface area contributed by atoms with Gasteiger partial charge in [0.25, 0.3) is 0 Å². The molecule has 0 saturated heterocycles. The predicted octanol–water partition coefficient (Wildman–Crippen LogP) is 5.46. The Labute approximate surface area is 262 Å². The van der Waals surface area contributed by atoms with Crippen LogP contribution >= 0.6 is 0 Å². The molecule has 9 heteroatoms. The Kier molecular flexibility index (Phi) is 8.71. The average Bonchev–Trinajstić information content (AvgIpc) is 2.98. The van der Waals surface area contributed by atoms with Crippen molar-refractivity contribution in [1.82, 2.24) is 0 Å². The van der Waals surface area contributed by atoms with Crippen LogP contribution in [-0.2, 0) is 25.2 Å². The minimum atomic E-state index is -6.71. The van der Waals surface area contributed by atoms with Crippen LogP contribution in [0.25, 0.3) is 0 Å². The summed E-state index contributed by atoms with van der Waals surface area (Å²) in [6, 6.07) is 34.3. The second-order valence-corrected chi connectivity index (χ2v) is 26.5. The monoisotopic (exact) mass is 736 g/mol. The van der Waals surface area contributed by atoms with Crippen molar-refractivity contribution < 1.29 is 21.8 Å². The van der Waals surface area contributed by atoms with E-state index in [1.54, 1.807) is 86.6 Å². The van der Waals surface area contributed by atoms with Crippen molar-refractivity contribution in [3.63, 3.8) is 0 Å². The maximum atomic E-state index is 14.6. The first kappa shape index (κ1) is 32.1. The van der Waals surface area contributed by atoms with E-state index in [4.69, 9.17) is 4.92 Å². The van der Waals surface area contributed by atoms with Gasteiger partial charge in [-0.3, -0.25) is 0 Å². The fourth-order valence-corrected chi connectivity index (χ4v) is 29.5. The van der Waals surface area contributed by atoms with Gasteiger partial charge in [-0.05, 0) is 0 Å². The van der Waals surface area contributed by atoms with Crippen LogP contribution in [-0.4, -0.2) is 35.1 Å². The van der Waals surface area contributed by atoms with E-state index in [-0.39, 0.29) is 9.79 Å². The predicted molar refractivity (Wildman–Crippen MR) is 177 cm³/mol. The topological polar surface area (TPSA) is 86.7 Å². The molecule has 5 rings (SSSR count). The molecule has 0 spiro atoms. The quantitative estimate of drug-likeness (QED) is 0.187. The molecule has 44 heavy (non-hydrogen) atoms. The van der Waals surface area contributed by atoms with Crippen LogP contribution in [0, 0.1) is 34.6 Å². The van der Waals surface area contributed by atoms with Crippen LogP contribution < -0.4 is 10.5 Å². The summed E-state index contributed by atoms with van der Waals surface area (Å²) in [5, 5.41) is 0. The molecule has 5 aromatic carbocycles. The molecule has 0 atom stereocenters. The van der Waals surface area contributed by atoms with E-state index in [0.717, 1.165) is 16.7 Å². The molecule has 0 saturated carbocycles. The van der Waals surface area contributed by atoms with Crippen LogP contribution in [0.3, 0.4) is 0 Å². The number of aryl methyl sites for hydroxylation is 5. The van der Waals surface area contributed by atoms with E-state index in [1.165, 1.54) is 12.1 Å². The molecule has 0 N–H and O–H groups in total. The molecule has 0 aliphatic rings. The Balaban J connectivity index is 2.03. The number of hydrogen-bond donors (Lipinski definition) is 0. The molecule has 0 aromatic heterocycles. The summed E-state index contributed by atoms with van der Waals surface area (Å²) in [5.41, 5.74) is 3.62. The molecule has 0 heterocycles. The molecule has 0 fully saturated rings. The first-order valence-corrected chi connectivity index (χ1v) is 22.8. The van der Waals surface area contributed by atoms with E-state index < -0.39 is 38.5 Å². The number of hydrogen-bond acceptors (Lipinski definition) is 6. The normalized spacial score (nSPS) is 13.2. The molecule has 6 nitrogen and oxygen atoms in total. The van der Waals surface area contributed by atoms with Crippen LogP contribution in [0.1, 0.15) is 27.8 Å². The third-order valence-corrected chi connectivity index (χ3v) is 29.5. The fourth-order valence-electron chi connectivity index (χ4n) is 5.29. The minimum absolute atomic E-state index is 0.0681. The van der Waals surface area contributed by atoms with Crippen molar-refractivity contribution >= 4 is 49.0 Å². The van der Waals surface area contributed by atoms with Gasteiger partial charge in [-0.2, -0.15) is 0 Å². The Morgan fingerprint density at radius 3 is 0.955 bits per heavy atom. The Bertz CT molecular complexity index is 1840. The Morgan fingerprint density at radius 1 is 0.409 bits per heavy atom. The van der Waals surface area contributed by atoms with Crippen molar-refractivity contribution in [2.75, 3.05) is 0 Å². The molecule has 0 bridgehead atoms. The summed E-state index contributed by atoms with van der Waals surface area (Å²) in [5.74, 6) is 0. The van der Waals surface area contributed by atoms with Gasteiger partial charge in [0, 0.05) is 0 Å². The number of benzene rings is 5. The number of rotatable bonds is 9. The second-order valence-electron chi connectivity index (χ2n) is 11.1. The van der Waals surface area contributed by atoms with Crippen molar-refractivity contribution in [3.05, 3.63) is 149 Å². The van der Waals surface area contributed by atoms with Gasteiger partial charge in [-0.25, -0.2) is 0 Å². The van der Waals surface area contributed by atoms with Crippen molar-refractivity contribution in [2.45, 2.75) is 44.4 Å². The van der Waals surface area contributed by atoms with E-state index in [0.29, 0.717) is 21.7 Å². The van der Waals surface area contributed by atoms with E-state index in [1.807, 2.05) is 57.2 Å². The molecule has 0 aliphatic carbocycles. The average molecular weight is 738 g/mol. The zero-order chi connectivity index (χ0) is 31.8. The molecule has 0 radical (unpaired) electrons. The molecular weight excluding hydrogens is 702 g/mol.